The Bertz CT molecular complexity index is 584. The predicted molar refractivity (Wildman–Crippen MR) is 80.1 cm³/mol. The Morgan fingerprint density at radius 1 is 1.48 bits per heavy atom. The summed E-state index contributed by atoms with van der Waals surface area (Å²) in [5, 5.41) is 18.0. The SMILES string of the molecule is CN(c1ccc(/C=C/C(=O)O)cc1C#N)C1CCOCC1. The van der Waals surface area contributed by atoms with E-state index < -0.39 is 5.97 Å². The van der Waals surface area contributed by atoms with E-state index in [-0.39, 0.29) is 0 Å². The third-order valence-corrected chi connectivity index (χ3v) is 3.68. The lowest BCUT2D eigenvalue weighted by molar-refractivity contribution is -0.131. The Morgan fingerprint density at radius 3 is 2.81 bits per heavy atom. The number of nitriles is 1. The second-order valence-corrected chi connectivity index (χ2v) is 5.01. The van der Waals surface area contributed by atoms with Gasteiger partial charge in [0, 0.05) is 32.4 Å². The van der Waals surface area contributed by atoms with E-state index in [2.05, 4.69) is 11.0 Å². The number of nitrogens with zero attached hydrogens (tertiary/aromatic N) is 2. The molecule has 1 heterocycles. The number of hydrogen-bond acceptors (Lipinski definition) is 4. The van der Waals surface area contributed by atoms with Gasteiger partial charge in [0.2, 0.25) is 0 Å². The van der Waals surface area contributed by atoms with E-state index in [1.807, 2.05) is 19.2 Å². The molecule has 1 aromatic carbocycles. The van der Waals surface area contributed by atoms with Gasteiger partial charge in [0.05, 0.1) is 11.3 Å². The molecule has 5 heteroatoms. The quantitative estimate of drug-likeness (QED) is 0.859. The van der Waals surface area contributed by atoms with Crippen molar-refractivity contribution in [2.45, 2.75) is 18.9 Å². The molecule has 1 aliphatic heterocycles. The Hall–Kier alpha value is -2.32. The second-order valence-electron chi connectivity index (χ2n) is 5.01. The molecule has 0 aliphatic carbocycles. The first-order valence-electron chi connectivity index (χ1n) is 6.87. The molecule has 2 rings (SSSR count). The third kappa shape index (κ3) is 3.83. The zero-order valence-electron chi connectivity index (χ0n) is 12.0. The van der Waals surface area contributed by atoms with Crippen LogP contribution >= 0.6 is 0 Å². The van der Waals surface area contributed by atoms with E-state index in [0.717, 1.165) is 37.8 Å². The van der Waals surface area contributed by atoms with Crippen LogP contribution in [0.1, 0.15) is 24.0 Å². The number of hydrogen-bond donors (Lipinski definition) is 1. The van der Waals surface area contributed by atoms with Crippen LogP contribution in [0.15, 0.2) is 24.3 Å². The zero-order valence-corrected chi connectivity index (χ0v) is 12.0. The van der Waals surface area contributed by atoms with Crippen molar-refractivity contribution in [3.63, 3.8) is 0 Å². The fourth-order valence-corrected chi connectivity index (χ4v) is 2.49. The van der Waals surface area contributed by atoms with Crippen molar-refractivity contribution in [1.29, 1.82) is 5.26 Å². The van der Waals surface area contributed by atoms with Crippen LogP contribution in [0.5, 0.6) is 0 Å². The van der Waals surface area contributed by atoms with Crippen LogP contribution in [0, 0.1) is 11.3 Å². The molecular formula is C16H18N2O3. The molecule has 0 amide bonds. The normalized spacial score (nSPS) is 15.8. The van der Waals surface area contributed by atoms with Crippen LogP contribution in [-0.4, -0.2) is 37.4 Å². The Balaban J connectivity index is 2.23. The van der Waals surface area contributed by atoms with Crippen molar-refractivity contribution in [3.8, 4) is 6.07 Å². The van der Waals surface area contributed by atoms with Crippen molar-refractivity contribution in [3.05, 3.63) is 35.4 Å². The third-order valence-electron chi connectivity index (χ3n) is 3.68. The zero-order chi connectivity index (χ0) is 15.2. The molecule has 0 unspecified atom stereocenters. The molecule has 0 aromatic heterocycles. The molecule has 1 N–H and O–H groups in total. The lowest BCUT2D eigenvalue weighted by atomic mass is 10.0. The maximum atomic E-state index is 10.5. The van der Waals surface area contributed by atoms with Crippen LogP contribution in [0.3, 0.4) is 0 Å². The summed E-state index contributed by atoms with van der Waals surface area (Å²) in [4.78, 5) is 12.7. The summed E-state index contributed by atoms with van der Waals surface area (Å²) in [6.45, 7) is 1.49. The Morgan fingerprint density at radius 2 is 2.19 bits per heavy atom. The number of carboxylic acids is 1. The number of anilines is 1. The lowest BCUT2D eigenvalue weighted by Crippen LogP contribution is -2.37. The molecule has 21 heavy (non-hydrogen) atoms. The summed E-state index contributed by atoms with van der Waals surface area (Å²) in [5.74, 6) is -1.00. The van der Waals surface area contributed by atoms with E-state index in [1.165, 1.54) is 6.08 Å². The number of aliphatic carboxylic acids is 1. The number of carboxylic acid groups (broad SMARTS) is 1. The number of benzene rings is 1. The fourth-order valence-electron chi connectivity index (χ4n) is 2.49. The smallest absolute Gasteiger partial charge is 0.328 e. The first kappa shape index (κ1) is 15.1. The van der Waals surface area contributed by atoms with Crippen LogP contribution in [-0.2, 0) is 9.53 Å². The minimum Gasteiger partial charge on any atom is -0.478 e. The van der Waals surface area contributed by atoms with Crippen LogP contribution < -0.4 is 4.90 Å². The Labute approximate surface area is 124 Å². The topological polar surface area (TPSA) is 73.6 Å². The molecule has 0 saturated carbocycles. The van der Waals surface area contributed by atoms with Crippen LogP contribution in [0.4, 0.5) is 5.69 Å². The van der Waals surface area contributed by atoms with Crippen molar-refractivity contribution in [2.75, 3.05) is 25.2 Å². The fraction of sp³-hybridized carbons (Fsp3) is 0.375. The van der Waals surface area contributed by atoms with Gasteiger partial charge < -0.3 is 14.7 Å². The highest BCUT2D eigenvalue weighted by atomic mass is 16.5. The number of carbonyl (C=O) groups is 1. The molecule has 1 aliphatic rings. The lowest BCUT2D eigenvalue weighted by Gasteiger charge is -2.33. The van der Waals surface area contributed by atoms with E-state index in [0.29, 0.717) is 17.2 Å². The standard InChI is InChI=1S/C16H18N2O3/c1-18(14-6-8-21-9-7-14)15-4-2-12(3-5-16(19)20)10-13(15)11-17/h2-5,10,14H,6-9H2,1H3,(H,19,20)/b5-3+. The molecular weight excluding hydrogens is 268 g/mol. The molecule has 0 radical (unpaired) electrons. The first-order valence-corrected chi connectivity index (χ1v) is 6.87. The van der Waals surface area contributed by atoms with E-state index >= 15 is 0 Å². The second kappa shape index (κ2) is 6.91. The maximum absolute atomic E-state index is 10.5. The average Bonchev–Trinajstić information content (AvgIpc) is 2.52. The number of ether oxygens (including phenoxy) is 1. The highest BCUT2D eigenvalue weighted by molar-refractivity contribution is 5.85. The molecule has 0 atom stereocenters. The number of rotatable bonds is 4. The molecule has 0 spiro atoms. The molecule has 1 fully saturated rings. The van der Waals surface area contributed by atoms with Gasteiger partial charge in [-0.25, -0.2) is 4.79 Å². The first-order chi connectivity index (χ1) is 10.1. The van der Waals surface area contributed by atoms with Gasteiger partial charge in [0.1, 0.15) is 6.07 Å². The van der Waals surface area contributed by atoms with E-state index in [1.54, 1.807) is 6.07 Å². The monoisotopic (exact) mass is 286 g/mol. The van der Waals surface area contributed by atoms with Gasteiger partial charge in [0.15, 0.2) is 0 Å². The summed E-state index contributed by atoms with van der Waals surface area (Å²) >= 11 is 0. The Kier molecular flexibility index (Phi) is 4.96. The maximum Gasteiger partial charge on any atom is 0.328 e. The van der Waals surface area contributed by atoms with Gasteiger partial charge >= 0.3 is 5.97 Å². The van der Waals surface area contributed by atoms with Gasteiger partial charge in [0.25, 0.3) is 0 Å². The largest absolute Gasteiger partial charge is 0.478 e. The van der Waals surface area contributed by atoms with Crippen LogP contribution in [0.25, 0.3) is 6.08 Å². The summed E-state index contributed by atoms with van der Waals surface area (Å²) in [6.07, 6.45) is 4.45. The van der Waals surface area contributed by atoms with Gasteiger partial charge in [-0.3, -0.25) is 0 Å². The van der Waals surface area contributed by atoms with Gasteiger partial charge in [-0.2, -0.15) is 5.26 Å². The average molecular weight is 286 g/mol. The summed E-state index contributed by atoms with van der Waals surface area (Å²) in [7, 11) is 1.99. The summed E-state index contributed by atoms with van der Waals surface area (Å²) in [5.41, 5.74) is 2.13. The minimum atomic E-state index is -1.00. The van der Waals surface area contributed by atoms with E-state index in [4.69, 9.17) is 9.84 Å². The predicted octanol–water partition coefficient (Wildman–Crippen LogP) is 2.27. The van der Waals surface area contributed by atoms with Gasteiger partial charge in [-0.05, 0) is 36.6 Å². The molecule has 1 saturated heterocycles. The molecule has 1 aromatic rings. The highest BCUT2D eigenvalue weighted by Gasteiger charge is 2.20. The molecule has 110 valence electrons. The van der Waals surface area contributed by atoms with Crippen LogP contribution in [0.2, 0.25) is 0 Å². The molecule has 0 bridgehead atoms. The minimum absolute atomic E-state index is 0.367. The van der Waals surface area contributed by atoms with Crippen molar-refractivity contribution >= 4 is 17.7 Å². The van der Waals surface area contributed by atoms with Crippen molar-refractivity contribution in [1.82, 2.24) is 0 Å². The summed E-state index contributed by atoms with van der Waals surface area (Å²) in [6, 6.07) is 7.96. The molecule has 5 nitrogen and oxygen atoms in total. The van der Waals surface area contributed by atoms with Gasteiger partial charge in [-0.15, -0.1) is 0 Å². The van der Waals surface area contributed by atoms with Crippen molar-refractivity contribution < 1.29 is 14.6 Å². The van der Waals surface area contributed by atoms with Crippen molar-refractivity contribution in [2.24, 2.45) is 0 Å². The van der Waals surface area contributed by atoms with E-state index in [9.17, 15) is 10.1 Å². The summed E-state index contributed by atoms with van der Waals surface area (Å²) < 4.78 is 5.36. The highest BCUT2D eigenvalue weighted by Crippen LogP contribution is 2.26. The van der Waals surface area contributed by atoms with Gasteiger partial charge in [-0.1, -0.05) is 6.07 Å².